The van der Waals surface area contributed by atoms with Crippen molar-refractivity contribution in [3.63, 3.8) is 0 Å². The molecule has 0 radical (unpaired) electrons. The molecule has 0 spiro atoms. The first-order valence-corrected chi connectivity index (χ1v) is 5.52. The largest absolute Gasteiger partial charge is 0.493 e. The van der Waals surface area contributed by atoms with Gasteiger partial charge < -0.3 is 10.5 Å². The summed E-state index contributed by atoms with van der Waals surface area (Å²) in [5.74, 6) is 1.30. The Morgan fingerprint density at radius 3 is 2.67 bits per heavy atom. The monoisotopic (exact) mass is 209 g/mol. The zero-order valence-corrected chi connectivity index (χ0v) is 9.60. The Morgan fingerprint density at radius 1 is 1.53 bits per heavy atom. The molecule has 2 rings (SSSR count). The van der Waals surface area contributed by atoms with Gasteiger partial charge in [-0.25, -0.2) is 0 Å². The predicted octanol–water partition coefficient (Wildman–Crippen LogP) is 1.68. The maximum Gasteiger partial charge on any atom is 0.160 e. The van der Waals surface area contributed by atoms with Crippen molar-refractivity contribution < 1.29 is 4.74 Å². The number of rotatable bonds is 3. The van der Waals surface area contributed by atoms with E-state index in [2.05, 4.69) is 18.9 Å². The van der Waals surface area contributed by atoms with Gasteiger partial charge in [0.15, 0.2) is 5.75 Å². The molecule has 0 amide bonds. The second kappa shape index (κ2) is 3.85. The summed E-state index contributed by atoms with van der Waals surface area (Å²) in [6.45, 7) is 4.25. The third-order valence-corrected chi connectivity index (χ3v) is 3.19. The molecule has 4 nitrogen and oxygen atoms in total. The van der Waals surface area contributed by atoms with Gasteiger partial charge in [0.1, 0.15) is 0 Å². The molecular weight excluding hydrogens is 190 g/mol. The summed E-state index contributed by atoms with van der Waals surface area (Å²) in [6, 6.07) is 0.629. The third-order valence-electron chi connectivity index (χ3n) is 3.19. The molecule has 0 aliphatic heterocycles. The first-order valence-electron chi connectivity index (χ1n) is 5.52. The van der Waals surface area contributed by atoms with Crippen LogP contribution in [0.25, 0.3) is 0 Å². The lowest BCUT2D eigenvalue weighted by Crippen LogP contribution is -2.38. The van der Waals surface area contributed by atoms with Gasteiger partial charge in [-0.2, -0.15) is 5.10 Å². The molecule has 15 heavy (non-hydrogen) atoms. The number of nitrogens with two attached hydrogens (primary N) is 1. The van der Waals surface area contributed by atoms with Gasteiger partial charge in [0.2, 0.25) is 0 Å². The number of aromatic nitrogens is 2. The van der Waals surface area contributed by atoms with Crippen molar-refractivity contribution in [2.75, 3.05) is 7.11 Å². The van der Waals surface area contributed by atoms with Crippen LogP contribution in [0, 0.1) is 0 Å². The molecule has 0 saturated heterocycles. The van der Waals surface area contributed by atoms with Crippen molar-refractivity contribution in [1.29, 1.82) is 0 Å². The van der Waals surface area contributed by atoms with Crippen LogP contribution in [-0.4, -0.2) is 22.9 Å². The number of ether oxygens (including phenoxy) is 1. The van der Waals surface area contributed by atoms with Crippen LogP contribution in [0.5, 0.6) is 5.75 Å². The van der Waals surface area contributed by atoms with Gasteiger partial charge in [0.05, 0.1) is 19.0 Å². The van der Waals surface area contributed by atoms with Gasteiger partial charge in [0, 0.05) is 18.0 Å². The topological polar surface area (TPSA) is 53.1 Å². The van der Waals surface area contributed by atoms with Crippen molar-refractivity contribution in [2.45, 2.75) is 44.7 Å². The molecular formula is C11H19N3O. The zero-order chi connectivity index (χ0) is 11.0. The van der Waals surface area contributed by atoms with E-state index >= 15 is 0 Å². The normalized spacial score (nSPS) is 25.4. The van der Waals surface area contributed by atoms with E-state index in [-0.39, 0.29) is 6.04 Å². The minimum atomic E-state index is 0.271. The second-order valence-electron chi connectivity index (χ2n) is 4.48. The minimum absolute atomic E-state index is 0.271. The fourth-order valence-corrected chi connectivity index (χ4v) is 2.14. The fraction of sp³-hybridized carbons (Fsp3) is 0.727. The standard InChI is InChI=1S/C11H19N3O/c1-7(2)14-11(8-4-5-9(8)12)10(15-3)6-13-14/h6-9H,4-5,12H2,1-3H3. The molecule has 2 unspecified atom stereocenters. The van der Waals surface area contributed by atoms with Crippen LogP contribution in [-0.2, 0) is 0 Å². The average Bonchev–Trinajstić information content (AvgIpc) is 2.59. The zero-order valence-electron chi connectivity index (χ0n) is 9.60. The quantitative estimate of drug-likeness (QED) is 0.824. The summed E-state index contributed by atoms with van der Waals surface area (Å²) >= 11 is 0. The van der Waals surface area contributed by atoms with E-state index in [4.69, 9.17) is 10.5 Å². The van der Waals surface area contributed by atoms with Gasteiger partial charge in [-0.15, -0.1) is 0 Å². The van der Waals surface area contributed by atoms with E-state index in [0.717, 1.165) is 18.6 Å². The van der Waals surface area contributed by atoms with Gasteiger partial charge in [0.25, 0.3) is 0 Å². The van der Waals surface area contributed by atoms with Gasteiger partial charge in [-0.3, -0.25) is 4.68 Å². The van der Waals surface area contributed by atoms with Gasteiger partial charge in [-0.1, -0.05) is 0 Å². The van der Waals surface area contributed by atoms with E-state index in [0.29, 0.717) is 12.0 Å². The summed E-state index contributed by atoms with van der Waals surface area (Å²) in [5.41, 5.74) is 7.18. The average molecular weight is 209 g/mol. The molecule has 1 saturated carbocycles. The Balaban J connectivity index is 2.36. The summed E-state index contributed by atoms with van der Waals surface area (Å²) in [5, 5.41) is 4.36. The highest BCUT2D eigenvalue weighted by Gasteiger charge is 2.34. The molecule has 1 aromatic heterocycles. The summed E-state index contributed by atoms with van der Waals surface area (Å²) in [7, 11) is 1.69. The molecule has 0 bridgehead atoms. The molecule has 1 aliphatic carbocycles. The summed E-state index contributed by atoms with van der Waals surface area (Å²) in [6.07, 6.45) is 4.05. The molecule has 2 N–H and O–H groups in total. The summed E-state index contributed by atoms with van der Waals surface area (Å²) in [4.78, 5) is 0. The van der Waals surface area contributed by atoms with Crippen molar-refractivity contribution in [2.24, 2.45) is 5.73 Å². The van der Waals surface area contributed by atoms with Crippen molar-refractivity contribution >= 4 is 0 Å². The maximum atomic E-state index is 6.01. The number of methoxy groups -OCH3 is 1. The third kappa shape index (κ3) is 1.63. The van der Waals surface area contributed by atoms with Crippen LogP contribution in [0.2, 0.25) is 0 Å². The van der Waals surface area contributed by atoms with Gasteiger partial charge >= 0.3 is 0 Å². The van der Waals surface area contributed by atoms with E-state index in [1.165, 1.54) is 5.69 Å². The maximum absolute atomic E-state index is 6.01. The molecule has 1 heterocycles. The number of hydrogen-bond donors (Lipinski definition) is 1. The van der Waals surface area contributed by atoms with Crippen LogP contribution in [0.3, 0.4) is 0 Å². The highest BCUT2D eigenvalue weighted by molar-refractivity contribution is 5.32. The van der Waals surface area contributed by atoms with E-state index in [1.54, 1.807) is 13.3 Å². The lowest BCUT2D eigenvalue weighted by Gasteiger charge is -2.34. The van der Waals surface area contributed by atoms with Crippen molar-refractivity contribution in [3.05, 3.63) is 11.9 Å². The Kier molecular flexibility index (Phi) is 2.69. The van der Waals surface area contributed by atoms with Crippen LogP contribution >= 0.6 is 0 Å². The lowest BCUT2D eigenvalue weighted by molar-refractivity contribution is 0.305. The fourth-order valence-electron chi connectivity index (χ4n) is 2.14. The Hall–Kier alpha value is -1.03. The van der Waals surface area contributed by atoms with Crippen LogP contribution < -0.4 is 10.5 Å². The Morgan fingerprint density at radius 2 is 2.27 bits per heavy atom. The summed E-state index contributed by atoms with van der Waals surface area (Å²) < 4.78 is 7.37. The lowest BCUT2D eigenvalue weighted by atomic mass is 9.77. The number of nitrogens with zero attached hydrogens (tertiary/aromatic N) is 2. The smallest absolute Gasteiger partial charge is 0.160 e. The number of hydrogen-bond acceptors (Lipinski definition) is 3. The highest BCUT2D eigenvalue weighted by Crippen LogP contribution is 2.40. The van der Waals surface area contributed by atoms with Crippen molar-refractivity contribution in [3.8, 4) is 5.75 Å². The van der Waals surface area contributed by atoms with Crippen molar-refractivity contribution in [1.82, 2.24) is 9.78 Å². The Labute approximate surface area is 90.4 Å². The minimum Gasteiger partial charge on any atom is -0.493 e. The van der Waals surface area contributed by atoms with Crippen LogP contribution in [0.15, 0.2) is 6.20 Å². The first kappa shape index (κ1) is 10.5. The Bertz CT molecular complexity index is 346. The van der Waals surface area contributed by atoms with E-state index < -0.39 is 0 Å². The molecule has 84 valence electrons. The first-order chi connectivity index (χ1) is 7.15. The molecule has 1 aromatic rings. The van der Waals surface area contributed by atoms with E-state index in [1.807, 2.05) is 4.68 Å². The molecule has 2 atom stereocenters. The predicted molar refractivity (Wildman–Crippen MR) is 59.1 cm³/mol. The molecule has 0 aromatic carbocycles. The molecule has 1 aliphatic rings. The van der Waals surface area contributed by atoms with Crippen LogP contribution in [0.4, 0.5) is 0 Å². The highest BCUT2D eigenvalue weighted by atomic mass is 16.5. The molecule has 1 fully saturated rings. The second-order valence-corrected chi connectivity index (χ2v) is 4.48. The van der Waals surface area contributed by atoms with E-state index in [9.17, 15) is 0 Å². The molecule has 4 heteroatoms. The van der Waals surface area contributed by atoms with Gasteiger partial charge in [-0.05, 0) is 26.7 Å². The SMILES string of the molecule is COc1cnn(C(C)C)c1C1CCC1N. The van der Waals surface area contributed by atoms with Crippen LogP contribution in [0.1, 0.15) is 44.3 Å².